The van der Waals surface area contributed by atoms with Crippen LogP contribution in [-0.2, 0) is 0 Å². The van der Waals surface area contributed by atoms with Crippen molar-refractivity contribution in [1.82, 2.24) is 5.32 Å². The Bertz CT molecular complexity index is 168. The fourth-order valence-electron chi connectivity index (χ4n) is 1.69. The third-order valence-corrected chi connectivity index (χ3v) is 4.14. The van der Waals surface area contributed by atoms with E-state index in [0.717, 1.165) is 12.5 Å². The minimum Gasteiger partial charge on any atom is -0.396 e. The van der Waals surface area contributed by atoms with Gasteiger partial charge in [0.1, 0.15) is 0 Å². The van der Waals surface area contributed by atoms with Gasteiger partial charge < -0.3 is 15.5 Å². The van der Waals surface area contributed by atoms with Crippen molar-refractivity contribution < 1.29 is 10.2 Å². The maximum atomic E-state index is 9.12. The van der Waals surface area contributed by atoms with Crippen molar-refractivity contribution in [3.05, 3.63) is 0 Å². The molecule has 0 aromatic heterocycles. The van der Waals surface area contributed by atoms with Gasteiger partial charge in [-0.2, -0.15) is 11.8 Å². The first kappa shape index (κ1) is 13.3. The van der Waals surface area contributed by atoms with Gasteiger partial charge in [-0.15, -0.1) is 0 Å². The van der Waals surface area contributed by atoms with Crippen molar-refractivity contribution in [3.8, 4) is 0 Å². The second-order valence-corrected chi connectivity index (χ2v) is 6.04. The molecule has 0 saturated carbocycles. The van der Waals surface area contributed by atoms with Crippen LogP contribution in [0.5, 0.6) is 0 Å². The molecule has 0 aromatic carbocycles. The van der Waals surface area contributed by atoms with E-state index in [1.807, 2.05) is 18.7 Å². The van der Waals surface area contributed by atoms with Gasteiger partial charge in [0.15, 0.2) is 0 Å². The van der Waals surface area contributed by atoms with Crippen LogP contribution in [0.4, 0.5) is 0 Å². The molecule has 0 unspecified atom stereocenters. The monoisotopic (exact) mass is 233 g/mol. The van der Waals surface area contributed by atoms with Crippen LogP contribution in [0.3, 0.4) is 0 Å². The molecule has 15 heavy (non-hydrogen) atoms. The van der Waals surface area contributed by atoms with Crippen molar-refractivity contribution in [2.75, 3.05) is 37.8 Å². The van der Waals surface area contributed by atoms with E-state index in [4.69, 9.17) is 10.2 Å². The second kappa shape index (κ2) is 6.74. The van der Waals surface area contributed by atoms with Gasteiger partial charge in [0.05, 0.1) is 13.2 Å². The largest absolute Gasteiger partial charge is 0.396 e. The number of hydrogen-bond donors (Lipinski definition) is 3. The molecule has 1 heterocycles. The summed E-state index contributed by atoms with van der Waals surface area (Å²) < 4.78 is 0. The van der Waals surface area contributed by atoms with Crippen LogP contribution in [0.2, 0.25) is 0 Å². The average Bonchev–Trinajstić information content (AvgIpc) is 2.30. The van der Waals surface area contributed by atoms with Crippen LogP contribution in [0.15, 0.2) is 0 Å². The number of hydrogen-bond acceptors (Lipinski definition) is 4. The molecule has 0 atom stereocenters. The molecule has 3 N–H and O–H groups in total. The first-order valence-corrected chi connectivity index (χ1v) is 6.86. The fourth-order valence-corrected chi connectivity index (χ4v) is 2.89. The van der Waals surface area contributed by atoms with Crippen molar-refractivity contribution in [3.63, 3.8) is 0 Å². The van der Waals surface area contributed by atoms with E-state index in [0.29, 0.717) is 6.54 Å². The maximum Gasteiger partial charge on any atom is 0.0518 e. The number of aliphatic hydroxyl groups excluding tert-OH is 2. The lowest BCUT2D eigenvalue weighted by Gasteiger charge is -2.27. The van der Waals surface area contributed by atoms with Gasteiger partial charge in [-0.3, -0.25) is 0 Å². The highest BCUT2D eigenvalue weighted by molar-refractivity contribution is 7.99. The van der Waals surface area contributed by atoms with Crippen LogP contribution in [0.25, 0.3) is 0 Å². The number of rotatable bonds is 6. The lowest BCUT2D eigenvalue weighted by atomic mass is 9.92. The molecule has 1 rings (SSSR count). The van der Waals surface area contributed by atoms with Gasteiger partial charge in [-0.25, -0.2) is 0 Å². The van der Waals surface area contributed by atoms with Crippen LogP contribution in [0.1, 0.15) is 19.8 Å². The summed E-state index contributed by atoms with van der Waals surface area (Å²) in [5.74, 6) is 3.35. The Kier molecular flexibility index (Phi) is 5.97. The summed E-state index contributed by atoms with van der Waals surface area (Å²) in [6.07, 6.45) is 2.60. The van der Waals surface area contributed by atoms with Crippen molar-refractivity contribution in [2.24, 2.45) is 11.3 Å². The summed E-state index contributed by atoms with van der Waals surface area (Å²) >= 11 is 2.04. The summed E-state index contributed by atoms with van der Waals surface area (Å²) in [7, 11) is 0. The average molecular weight is 233 g/mol. The van der Waals surface area contributed by atoms with Gasteiger partial charge in [0.25, 0.3) is 0 Å². The van der Waals surface area contributed by atoms with Crippen LogP contribution in [-0.4, -0.2) is 48.0 Å². The minimum atomic E-state index is -0.372. The predicted molar refractivity (Wildman–Crippen MR) is 65.2 cm³/mol. The minimum absolute atomic E-state index is 0.0387. The van der Waals surface area contributed by atoms with Gasteiger partial charge in [-0.05, 0) is 36.8 Å². The zero-order valence-electron chi connectivity index (χ0n) is 9.54. The van der Waals surface area contributed by atoms with E-state index < -0.39 is 0 Å². The molecular formula is C11H23NO2S. The van der Waals surface area contributed by atoms with E-state index in [-0.39, 0.29) is 18.6 Å². The Morgan fingerprint density at radius 2 is 1.87 bits per heavy atom. The fraction of sp³-hybridized carbons (Fsp3) is 1.00. The highest BCUT2D eigenvalue weighted by Gasteiger charge is 2.22. The molecule has 1 saturated heterocycles. The van der Waals surface area contributed by atoms with E-state index >= 15 is 0 Å². The smallest absolute Gasteiger partial charge is 0.0518 e. The van der Waals surface area contributed by atoms with Gasteiger partial charge in [-0.1, -0.05) is 6.92 Å². The second-order valence-electron chi connectivity index (χ2n) is 4.81. The Labute approximate surface area is 96.6 Å². The molecule has 0 radical (unpaired) electrons. The van der Waals surface area contributed by atoms with Crippen LogP contribution < -0.4 is 5.32 Å². The summed E-state index contributed by atoms with van der Waals surface area (Å²) in [6, 6.07) is 0. The summed E-state index contributed by atoms with van der Waals surface area (Å²) in [6.45, 7) is 3.70. The SMILES string of the molecule is CC(CO)(CO)CNCC1CCSCC1. The van der Waals surface area contributed by atoms with Gasteiger partial charge >= 0.3 is 0 Å². The Balaban J connectivity index is 2.14. The highest BCUT2D eigenvalue weighted by Crippen LogP contribution is 2.22. The summed E-state index contributed by atoms with van der Waals surface area (Å²) in [5, 5.41) is 21.6. The zero-order chi connectivity index (χ0) is 11.1. The van der Waals surface area contributed by atoms with Crippen LogP contribution in [0, 0.1) is 11.3 Å². The Morgan fingerprint density at radius 3 is 2.40 bits per heavy atom. The molecule has 4 heteroatoms. The normalized spacial score (nSPS) is 19.4. The molecule has 0 spiro atoms. The molecule has 90 valence electrons. The highest BCUT2D eigenvalue weighted by atomic mass is 32.2. The lowest BCUT2D eigenvalue weighted by molar-refractivity contribution is 0.0689. The molecule has 0 bridgehead atoms. The maximum absolute atomic E-state index is 9.12. The van der Waals surface area contributed by atoms with Gasteiger partial charge in [0.2, 0.25) is 0 Å². The zero-order valence-corrected chi connectivity index (χ0v) is 10.4. The van der Waals surface area contributed by atoms with Crippen molar-refractivity contribution >= 4 is 11.8 Å². The molecule has 0 amide bonds. The Morgan fingerprint density at radius 1 is 1.27 bits per heavy atom. The number of nitrogens with one attached hydrogen (secondary N) is 1. The van der Waals surface area contributed by atoms with Crippen molar-refractivity contribution in [1.29, 1.82) is 0 Å². The summed E-state index contributed by atoms with van der Waals surface area (Å²) in [5.41, 5.74) is -0.372. The molecular weight excluding hydrogens is 210 g/mol. The first-order valence-electron chi connectivity index (χ1n) is 5.70. The topological polar surface area (TPSA) is 52.5 Å². The molecule has 1 aliphatic rings. The molecule has 0 aliphatic carbocycles. The van der Waals surface area contributed by atoms with Gasteiger partial charge in [0, 0.05) is 12.0 Å². The predicted octanol–water partition coefficient (Wildman–Crippen LogP) is 0.710. The molecule has 1 aliphatic heterocycles. The van der Waals surface area contributed by atoms with E-state index in [2.05, 4.69) is 5.32 Å². The third kappa shape index (κ3) is 4.72. The molecule has 3 nitrogen and oxygen atoms in total. The number of aliphatic hydroxyl groups is 2. The van der Waals surface area contributed by atoms with Crippen molar-refractivity contribution in [2.45, 2.75) is 19.8 Å². The van der Waals surface area contributed by atoms with E-state index in [9.17, 15) is 0 Å². The first-order chi connectivity index (χ1) is 7.20. The Hall–Kier alpha value is 0.230. The van der Waals surface area contributed by atoms with E-state index in [1.54, 1.807) is 0 Å². The van der Waals surface area contributed by atoms with E-state index in [1.165, 1.54) is 24.3 Å². The molecule has 0 aromatic rings. The lowest BCUT2D eigenvalue weighted by Crippen LogP contribution is -2.40. The number of thioether (sulfide) groups is 1. The summed E-state index contributed by atoms with van der Waals surface area (Å²) in [4.78, 5) is 0. The third-order valence-electron chi connectivity index (χ3n) is 3.09. The van der Waals surface area contributed by atoms with Crippen LogP contribution >= 0.6 is 11.8 Å². The quantitative estimate of drug-likeness (QED) is 0.632. The molecule has 1 fully saturated rings. The standard InChI is InChI=1S/C11H23NO2S/c1-11(8-13,9-14)7-12-6-10-2-4-15-5-3-10/h10,12-14H,2-9H2,1H3.